The topological polar surface area (TPSA) is 102 Å². The molecule has 0 aromatic carbocycles. The molecule has 0 radical (unpaired) electrons. The van der Waals surface area contributed by atoms with Crippen LogP contribution in [-0.2, 0) is 23.9 Å². The number of hydrogen-bond donors (Lipinski definition) is 3. The average molecular weight is 575 g/mol. The number of thiol groups is 1. The van der Waals surface area contributed by atoms with Gasteiger partial charge in [0.15, 0.2) is 0 Å². The zero-order chi connectivity index (χ0) is 25.7. The Morgan fingerprint density at radius 3 is 2.00 bits per heavy atom. The van der Waals surface area contributed by atoms with E-state index in [0.29, 0.717) is 12.0 Å². The molecular weight excluding hydrogens is 535 g/mol. The van der Waals surface area contributed by atoms with E-state index >= 15 is 0 Å². The molecule has 0 aliphatic heterocycles. The quantitative estimate of drug-likeness (QED) is 0.0351. The number of rotatable bonds is 10. The van der Waals surface area contributed by atoms with Crippen LogP contribution in [0.2, 0.25) is 0 Å². The van der Waals surface area contributed by atoms with Crippen LogP contribution in [0.5, 0.6) is 0 Å². The Morgan fingerprint density at radius 1 is 1.18 bits per heavy atom. The molecule has 0 spiro atoms. The van der Waals surface area contributed by atoms with Crippen molar-refractivity contribution in [3.8, 4) is 0 Å². The summed E-state index contributed by atoms with van der Waals surface area (Å²) in [5.74, 6) is -0.968. The van der Waals surface area contributed by atoms with Gasteiger partial charge in [-0.25, -0.2) is 0 Å². The number of esters is 1. The van der Waals surface area contributed by atoms with Crippen molar-refractivity contribution in [2.45, 2.75) is 91.5 Å². The van der Waals surface area contributed by atoms with Gasteiger partial charge in [-0.2, -0.15) is 12.6 Å². The summed E-state index contributed by atoms with van der Waals surface area (Å²) in [6.45, 7) is 18.0. The third kappa shape index (κ3) is 34.3. The number of aldehydes is 1. The fourth-order valence-electron chi connectivity index (χ4n) is 1.79. The van der Waals surface area contributed by atoms with E-state index in [1.165, 1.54) is 6.92 Å². The monoisotopic (exact) mass is 573 g/mol. The van der Waals surface area contributed by atoms with Gasteiger partial charge in [-0.1, -0.05) is 49.0 Å². The second-order valence-electron chi connectivity index (χ2n) is 7.63. The molecule has 0 heterocycles. The van der Waals surface area contributed by atoms with Crippen LogP contribution in [0.4, 0.5) is 0 Å². The number of carbonyl (C=O) groups excluding carboxylic acids is 4. The number of hydrogen-bond acceptors (Lipinski definition) is 6. The summed E-state index contributed by atoms with van der Waals surface area (Å²) in [7, 11) is 0. The molecule has 2 amide bonds. The number of allylic oxidation sites excluding steroid dienone is 1. The van der Waals surface area contributed by atoms with E-state index in [0.717, 1.165) is 32.0 Å². The molecule has 0 aliphatic carbocycles. The smallest absolute Gasteiger partial charge is 0.460 e. The normalized spacial score (nSPS) is 11.1. The zero-order valence-corrected chi connectivity index (χ0v) is 26.9. The number of nitrogens with one attached hydrogen (secondary N) is 2. The van der Waals surface area contributed by atoms with Gasteiger partial charge < -0.3 is 32.3 Å². The van der Waals surface area contributed by atoms with Crippen molar-refractivity contribution >= 4 is 52.6 Å². The molecule has 0 aliphatic rings. The standard InChI is InChI=1S/C14H21BrN2O2S.C6H12O2.C3H6O.K/c1-4-5-6-7-14(20)17-12(18)8-11(10(2)3)16-13(19)9-15;1-5(7)8-6(2,3)4;1-2-3-4;/h2,14,20H,4-7,9H2,1,3H3,(H,16,19)(H,17,18);1-4H3;3H,2H2,1H3;/q-2;;;+1/t14-;;;/m0.../s1. The number of carbonyl (C=O) groups is 4. The number of alkyl halides is 1. The van der Waals surface area contributed by atoms with Gasteiger partial charge in [0.2, 0.25) is 5.91 Å². The minimum absolute atomic E-state index is 0. The maximum Gasteiger partial charge on any atom is 1.00 e. The Labute approximate surface area is 256 Å². The van der Waals surface area contributed by atoms with E-state index in [2.05, 4.69) is 52.2 Å². The molecule has 0 saturated carbocycles. The van der Waals surface area contributed by atoms with Crippen LogP contribution in [0, 0.1) is 12.7 Å². The fourth-order valence-corrected chi connectivity index (χ4v) is 2.23. The van der Waals surface area contributed by atoms with E-state index < -0.39 is 5.91 Å². The summed E-state index contributed by atoms with van der Waals surface area (Å²) < 4.78 is 4.80. The van der Waals surface area contributed by atoms with Crippen LogP contribution in [0.1, 0.15) is 80.6 Å². The predicted molar refractivity (Wildman–Crippen MR) is 135 cm³/mol. The molecule has 0 rings (SSSR count). The Balaban J connectivity index is -0.000000268. The van der Waals surface area contributed by atoms with E-state index in [9.17, 15) is 19.2 Å². The summed E-state index contributed by atoms with van der Waals surface area (Å²) in [5.41, 5.74) is 0.170. The van der Waals surface area contributed by atoms with E-state index in [1.54, 1.807) is 6.92 Å². The number of unbranched alkanes of at least 4 members (excludes halogenated alkanes) is 2. The first-order valence-corrected chi connectivity index (χ1v) is 12.1. The second-order valence-corrected chi connectivity index (χ2v) is 8.81. The molecule has 0 aromatic rings. The molecular formula is C23H39BrKN2O5S-. The van der Waals surface area contributed by atoms with Crippen LogP contribution in [-0.4, -0.2) is 40.4 Å². The first-order valence-electron chi connectivity index (χ1n) is 10.4. The molecule has 1 atom stereocenters. The van der Waals surface area contributed by atoms with Crippen molar-refractivity contribution < 1.29 is 75.3 Å². The van der Waals surface area contributed by atoms with E-state index in [4.69, 9.17) is 11.3 Å². The van der Waals surface area contributed by atoms with Crippen molar-refractivity contribution in [3.05, 3.63) is 23.9 Å². The van der Waals surface area contributed by atoms with Crippen molar-refractivity contribution in [3.63, 3.8) is 0 Å². The van der Waals surface area contributed by atoms with Crippen LogP contribution in [0.25, 0.3) is 0 Å². The fraction of sp³-hybridized carbons (Fsp3) is 0.652. The molecule has 0 aromatic heterocycles. The maximum absolute atomic E-state index is 11.7. The molecule has 0 unspecified atom stereocenters. The largest absolute Gasteiger partial charge is 1.00 e. The number of ether oxygens (including phenoxy) is 1. The zero-order valence-electron chi connectivity index (χ0n) is 21.3. The van der Waals surface area contributed by atoms with Crippen LogP contribution < -0.4 is 62.0 Å². The third-order valence-electron chi connectivity index (χ3n) is 3.01. The summed E-state index contributed by atoms with van der Waals surface area (Å²) in [6.07, 6.45) is 8.04. The Bertz CT molecular complexity index is 622. The molecule has 10 heteroatoms. The molecule has 7 nitrogen and oxygen atoms in total. The summed E-state index contributed by atoms with van der Waals surface area (Å²) in [4.78, 5) is 42.4. The van der Waals surface area contributed by atoms with Gasteiger partial charge in [0.05, 0.1) is 10.7 Å². The molecule has 33 heavy (non-hydrogen) atoms. The van der Waals surface area contributed by atoms with Crippen molar-refractivity contribution in [1.82, 2.24) is 10.6 Å². The molecule has 2 N–H and O–H groups in total. The Morgan fingerprint density at radius 2 is 1.70 bits per heavy atom. The third-order valence-corrected chi connectivity index (χ3v) is 3.91. The van der Waals surface area contributed by atoms with Gasteiger partial charge in [-0.3, -0.25) is 26.2 Å². The van der Waals surface area contributed by atoms with E-state index in [1.807, 2.05) is 27.7 Å². The van der Waals surface area contributed by atoms with Gasteiger partial charge in [0.1, 0.15) is 17.8 Å². The average Bonchev–Trinajstić information content (AvgIpc) is 2.66. The van der Waals surface area contributed by atoms with Crippen molar-refractivity contribution in [2.24, 2.45) is 0 Å². The number of halogens is 1. The van der Waals surface area contributed by atoms with Crippen LogP contribution in [0.15, 0.2) is 11.3 Å². The summed E-state index contributed by atoms with van der Waals surface area (Å²) in [5, 5.41) is 5.07. The molecule has 0 saturated heterocycles. The van der Waals surface area contributed by atoms with Crippen molar-refractivity contribution in [1.29, 1.82) is 0 Å². The Kier molecular flexibility index (Phi) is 30.6. The first-order chi connectivity index (χ1) is 14.7. The summed E-state index contributed by atoms with van der Waals surface area (Å²) >= 11 is 7.31. The van der Waals surface area contributed by atoms with Gasteiger partial charge in [0, 0.05) is 13.3 Å². The van der Waals surface area contributed by atoms with Gasteiger partial charge >= 0.3 is 57.4 Å². The number of amides is 2. The minimum Gasteiger partial charge on any atom is -0.460 e. The SMILES string of the molecule is CC(=O)OC(C)(C)C.CCC=O.[CH-]=C(C)C(=[C-]C(=O)N[C@@H](S)CCCCC)NC(=O)CBr.[K+]. The summed E-state index contributed by atoms with van der Waals surface area (Å²) in [6, 6.07) is 0. The minimum atomic E-state index is -0.448. The van der Waals surface area contributed by atoms with Gasteiger partial charge in [0.25, 0.3) is 0 Å². The second kappa shape index (κ2) is 25.1. The predicted octanol–water partition coefficient (Wildman–Crippen LogP) is 1.46. The molecule has 0 fully saturated rings. The van der Waals surface area contributed by atoms with Crippen molar-refractivity contribution in [2.75, 3.05) is 5.33 Å². The van der Waals surface area contributed by atoms with Gasteiger partial charge in [-0.05, 0) is 27.2 Å². The van der Waals surface area contributed by atoms with Crippen LogP contribution >= 0.6 is 28.6 Å². The van der Waals surface area contributed by atoms with E-state index in [-0.39, 0.29) is 85.3 Å². The molecule has 186 valence electrons. The van der Waals surface area contributed by atoms with Gasteiger partial charge in [-0.15, -0.1) is 6.92 Å². The molecule has 0 bridgehead atoms. The maximum atomic E-state index is 11.7. The first kappa shape index (κ1) is 40.2. The Hall–Kier alpha value is 0.0264. The van der Waals surface area contributed by atoms with Crippen LogP contribution in [0.3, 0.4) is 0 Å².